The molecule has 2 aromatic carbocycles. The van der Waals surface area contributed by atoms with Gasteiger partial charge in [0.25, 0.3) is 0 Å². The van der Waals surface area contributed by atoms with Crippen LogP contribution in [0.5, 0.6) is 0 Å². The van der Waals surface area contributed by atoms with Gasteiger partial charge in [0.2, 0.25) is 5.91 Å². The summed E-state index contributed by atoms with van der Waals surface area (Å²) >= 11 is 7.50. The van der Waals surface area contributed by atoms with E-state index < -0.39 is 0 Å². The van der Waals surface area contributed by atoms with Crippen LogP contribution in [0, 0.1) is 0 Å². The Morgan fingerprint density at radius 1 is 1.14 bits per heavy atom. The van der Waals surface area contributed by atoms with Gasteiger partial charge in [-0.3, -0.25) is 4.79 Å². The van der Waals surface area contributed by atoms with Crippen molar-refractivity contribution in [2.45, 2.75) is 24.3 Å². The molecule has 1 amide bonds. The van der Waals surface area contributed by atoms with Gasteiger partial charge in [-0.05, 0) is 36.8 Å². The zero-order valence-corrected chi connectivity index (χ0v) is 13.5. The summed E-state index contributed by atoms with van der Waals surface area (Å²) in [5.41, 5.74) is 1.12. The van der Waals surface area contributed by atoms with E-state index in [2.05, 4.69) is 5.32 Å². The molecule has 0 saturated heterocycles. The summed E-state index contributed by atoms with van der Waals surface area (Å²) in [4.78, 5) is 13.1. The summed E-state index contributed by atoms with van der Waals surface area (Å²) in [6, 6.07) is 17.7. The Hall–Kier alpha value is -1.45. The topological polar surface area (TPSA) is 29.1 Å². The van der Waals surface area contributed by atoms with Crippen molar-refractivity contribution in [1.82, 2.24) is 5.32 Å². The largest absolute Gasteiger partial charge is 0.350 e. The molecule has 0 unspecified atom stereocenters. The highest BCUT2D eigenvalue weighted by molar-refractivity contribution is 7.99. The second-order valence-corrected chi connectivity index (χ2v) is 6.36. The van der Waals surface area contributed by atoms with E-state index in [0.29, 0.717) is 6.42 Å². The van der Waals surface area contributed by atoms with Crippen LogP contribution in [0.25, 0.3) is 0 Å². The lowest BCUT2D eigenvalue weighted by molar-refractivity contribution is -0.121. The lowest BCUT2D eigenvalue weighted by Gasteiger charge is -2.14. The van der Waals surface area contributed by atoms with Crippen molar-refractivity contribution in [1.29, 1.82) is 0 Å². The zero-order valence-electron chi connectivity index (χ0n) is 11.9. The normalized spacial score (nSPS) is 11.9. The first kappa shape index (κ1) is 15.9. The SMILES string of the molecule is C[C@@H](NC(=O)CCSc1ccc(Cl)cc1)c1ccccc1. The molecule has 21 heavy (non-hydrogen) atoms. The molecule has 2 rings (SSSR count). The molecule has 0 spiro atoms. The molecule has 0 aliphatic heterocycles. The van der Waals surface area contributed by atoms with E-state index in [1.807, 2.05) is 61.5 Å². The summed E-state index contributed by atoms with van der Waals surface area (Å²) in [5.74, 6) is 0.836. The van der Waals surface area contributed by atoms with Crippen molar-refractivity contribution in [2.75, 3.05) is 5.75 Å². The van der Waals surface area contributed by atoms with E-state index in [1.54, 1.807) is 11.8 Å². The fraction of sp³-hybridized carbons (Fsp3) is 0.235. The fourth-order valence-corrected chi connectivity index (χ4v) is 2.91. The van der Waals surface area contributed by atoms with E-state index in [1.165, 1.54) is 0 Å². The molecule has 110 valence electrons. The van der Waals surface area contributed by atoms with Crippen LogP contribution >= 0.6 is 23.4 Å². The summed E-state index contributed by atoms with van der Waals surface area (Å²) in [6.07, 6.45) is 0.504. The third-order valence-electron chi connectivity index (χ3n) is 3.09. The number of thioether (sulfide) groups is 1. The maximum Gasteiger partial charge on any atom is 0.221 e. The number of nitrogens with one attached hydrogen (secondary N) is 1. The third-order valence-corrected chi connectivity index (χ3v) is 4.35. The highest BCUT2D eigenvalue weighted by Gasteiger charge is 2.08. The van der Waals surface area contributed by atoms with Crippen molar-refractivity contribution in [3.63, 3.8) is 0 Å². The first-order valence-corrected chi connectivity index (χ1v) is 8.24. The van der Waals surface area contributed by atoms with Crippen molar-refractivity contribution >= 4 is 29.3 Å². The summed E-state index contributed by atoms with van der Waals surface area (Å²) < 4.78 is 0. The molecule has 1 N–H and O–H groups in total. The first-order valence-electron chi connectivity index (χ1n) is 6.88. The van der Waals surface area contributed by atoms with Gasteiger partial charge in [-0.2, -0.15) is 0 Å². The number of hydrogen-bond donors (Lipinski definition) is 1. The Labute approximate surface area is 134 Å². The van der Waals surface area contributed by atoms with Crippen LogP contribution in [0.3, 0.4) is 0 Å². The van der Waals surface area contributed by atoms with Crippen molar-refractivity contribution < 1.29 is 4.79 Å². The van der Waals surface area contributed by atoms with Gasteiger partial charge in [0.1, 0.15) is 0 Å². The van der Waals surface area contributed by atoms with Gasteiger partial charge < -0.3 is 5.32 Å². The molecule has 0 aliphatic carbocycles. The molecule has 0 heterocycles. The van der Waals surface area contributed by atoms with Crippen LogP contribution in [-0.4, -0.2) is 11.7 Å². The molecule has 0 saturated carbocycles. The number of halogens is 1. The van der Waals surface area contributed by atoms with Crippen molar-refractivity contribution in [3.05, 3.63) is 65.2 Å². The van der Waals surface area contributed by atoms with E-state index in [9.17, 15) is 4.79 Å². The molecule has 0 aliphatic rings. The fourth-order valence-electron chi connectivity index (χ4n) is 1.93. The number of amides is 1. The maximum absolute atomic E-state index is 11.9. The van der Waals surface area contributed by atoms with Gasteiger partial charge in [-0.15, -0.1) is 11.8 Å². The number of rotatable bonds is 6. The van der Waals surface area contributed by atoms with Crippen LogP contribution in [0.15, 0.2) is 59.5 Å². The molecule has 2 aromatic rings. The van der Waals surface area contributed by atoms with E-state index >= 15 is 0 Å². The molecule has 4 heteroatoms. The number of carbonyl (C=O) groups excluding carboxylic acids is 1. The monoisotopic (exact) mass is 319 g/mol. The molecular formula is C17H18ClNOS. The van der Waals surface area contributed by atoms with Crippen LogP contribution in [0.2, 0.25) is 5.02 Å². The summed E-state index contributed by atoms with van der Waals surface area (Å²) in [5, 5.41) is 3.75. The summed E-state index contributed by atoms with van der Waals surface area (Å²) in [7, 11) is 0. The Bertz CT molecular complexity index is 571. The minimum absolute atomic E-state index is 0.0410. The Kier molecular flexibility index (Phi) is 6.15. The molecule has 0 bridgehead atoms. The van der Waals surface area contributed by atoms with Gasteiger partial charge in [0, 0.05) is 22.1 Å². The second kappa shape index (κ2) is 8.11. The van der Waals surface area contributed by atoms with Gasteiger partial charge in [0.05, 0.1) is 6.04 Å². The lowest BCUT2D eigenvalue weighted by Crippen LogP contribution is -2.26. The Morgan fingerprint density at radius 3 is 2.48 bits per heavy atom. The zero-order chi connectivity index (χ0) is 15.1. The quantitative estimate of drug-likeness (QED) is 0.782. The smallest absolute Gasteiger partial charge is 0.221 e. The van der Waals surface area contributed by atoms with E-state index in [-0.39, 0.29) is 11.9 Å². The average molecular weight is 320 g/mol. The number of benzene rings is 2. The first-order chi connectivity index (χ1) is 10.1. The molecule has 1 atom stereocenters. The minimum Gasteiger partial charge on any atom is -0.350 e. The lowest BCUT2D eigenvalue weighted by atomic mass is 10.1. The standard InChI is InChI=1S/C17H18ClNOS/c1-13(14-5-3-2-4-6-14)19-17(20)11-12-21-16-9-7-15(18)8-10-16/h2-10,13H,11-12H2,1H3,(H,19,20)/t13-/m1/s1. The van der Waals surface area contributed by atoms with Gasteiger partial charge in [-0.1, -0.05) is 41.9 Å². The Morgan fingerprint density at radius 2 is 1.81 bits per heavy atom. The molecule has 0 fully saturated rings. The average Bonchev–Trinajstić information content (AvgIpc) is 2.50. The van der Waals surface area contributed by atoms with E-state index in [0.717, 1.165) is 21.2 Å². The number of hydrogen-bond acceptors (Lipinski definition) is 2. The molecule has 0 radical (unpaired) electrons. The number of carbonyl (C=O) groups is 1. The minimum atomic E-state index is 0.0410. The van der Waals surface area contributed by atoms with Crippen LogP contribution in [0.4, 0.5) is 0 Å². The summed E-state index contributed by atoms with van der Waals surface area (Å²) in [6.45, 7) is 2.00. The van der Waals surface area contributed by atoms with Gasteiger partial charge >= 0.3 is 0 Å². The second-order valence-electron chi connectivity index (χ2n) is 4.75. The third kappa shape index (κ3) is 5.44. The van der Waals surface area contributed by atoms with Crippen molar-refractivity contribution in [2.24, 2.45) is 0 Å². The van der Waals surface area contributed by atoms with Gasteiger partial charge in [0.15, 0.2) is 0 Å². The van der Waals surface area contributed by atoms with Gasteiger partial charge in [-0.25, -0.2) is 0 Å². The van der Waals surface area contributed by atoms with E-state index in [4.69, 9.17) is 11.6 Å². The molecular weight excluding hydrogens is 302 g/mol. The molecule has 0 aromatic heterocycles. The molecule has 2 nitrogen and oxygen atoms in total. The predicted octanol–water partition coefficient (Wildman–Crippen LogP) is 4.70. The highest BCUT2D eigenvalue weighted by atomic mass is 35.5. The van der Waals surface area contributed by atoms with Crippen LogP contribution < -0.4 is 5.32 Å². The maximum atomic E-state index is 11.9. The van der Waals surface area contributed by atoms with Crippen LogP contribution in [0.1, 0.15) is 24.9 Å². The Balaban J connectivity index is 1.73. The predicted molar refractivity (Wildman–Crippen MR) is 89.8 cm³/mol. The van der Waals surface area contributed by atoms with Crippen LogP contribution in [-0.2, 0) is 4.79 Å². The highest BCUT2D eigenvalue weighted by Crippen LogP contribution is 2.21. The van der Waals surface area contributed by atoms with Crippen molar-refractivity contribution in [3.8, 4) is 0 Å².